The molecule has 0 spiro atoms. The average Bonchev–Trinajstić information content (AvgIpc) is 2.41. The molecule has 0 unspecified atom stereocenters. The second kappa shape index (κ2) is 3.02. The first-order valence-corrected chi connectivity index (χ1v) is 5.15. The normalized spacial score (nSPS) is 15.2. The summed E-state index contributed by atoms with van der Waals surface area (Å²) in [5.41, 5.74) is 2.56. The van der Waals surface area contributed by atoms with Crippen LogP contribution in [0.1, 0.15) is 26.3 Å². The van der Waals surface area contributed by atoms with E-state index in [1.54, 1.807) is 0 Å². The molecular weight excluding hydrogens is 186 g/mol. The van der Waals surface area contributed by atoms with Gasteiger partial charge in [0.1, 0.15) is 0 Å². The predicted molar refractivity (Wildman–Crippen MR) is 63.3 cm³/mol. The van der Waals surface area contributed by atoms with Crippen molar-refractivity contribution in [2.24, 2.45) is 0 Å². The van der Waals surface area contributed by atoms with Crippen molar-refractivity contribution in [3.05, 3.63) is 36.2 Å². The van der Waals surface area contributed by atoms with Crippen molar-refractivity contribution in [2.75, 3.05) is 11.9 Å². The van der Waals surface area contributed by atoms with Crippen molar-refractivity contribution >= 4 is 5.69 Å². The second-order valence-corrected chi connectivity index (χ2v) is 4.96. The maximum absolute atomic E-state index is 5.59. The van der Waals surface area contributed by atoms with E-state index in [-0.39, 0.29) is 5.41 Å². The van der Waals surface area contributed by atoms with Gasteiger partial charge in [0.05, 0.1) is 5.69 Å². The molecule has 2 nitrogen and oxygen atoms in total. The molecular formula is C13H17NO. The first-order chi connectivity index (χ1) is 6.91. The largest absolute Gasteiger partial charge is 0.439 e. The van der Waals surface area contributed by atoms with Crippen LogP contribution in [-0.4, -0.2) is 7.05 Å². The smallest absolute Gasteiger partial charge is 0.193 e. The van der Waals surface area contributed by atoms with E-state index in [9.17, 15) is 0 Å². The van der Waals surface area contributed by atoms with Gasteiger partial charge in [0, 0.05) is 7.05 Å². The third-order valence-corrected chi connectivity index (χ3v) is 2.74. The molecule has 1 aromatic carbocycles. The lowest BCUT2D eigenvalue weighted by Gasteiger charge is -2.24. The fourth-order valence-corrected chi connectivity index (χ4v) is 1.88. The van der Waals surface area contributed by atoms with Crippen molar-refractivity contribution < 1.29 is 4.74 Å². The highest BCUT2D eigenvalue weighted by molar-refractivity contribution is 5.71. The van der Waals surface area contributed by atoms with Crippen molar-refractivity contribution in [3.63, 3.8) is 0 Å². The van der Waals surface area contributed by atoms with Gasteiger partial charge in [0.2, 0.25) is 0 Å². The fraction of sp³-hybridized carbons (Fsp3) is 0.385. The molecule has 15 heavy (non-hydrogen) atoms. The van der Waals surface area contributed by atoms with E-state index in [4.69, 9.17) is 4.74 Å². The summed E-state index contributed by atoms with van der Waals surface area (Å²) < 4.78 is 5.59. The van der Waals surface area contributed by atoms with E-state index in [0.717, 1.165) is 11.4 Å². The molecule has 0 radical (unpaired) electrons. The molecule has 1 aliphatic heterocycles. The molecule has 2 rings (SSSR count). The minimum Gasteiger partial charge on any atom is -0.439 e. The molecule has 1 aromatic rings. The Bertz CT molecular complexity index is 415. The van der Waals surface area contributed by atoms with Gasteiger partial charge in [-0.25, -0.2) is 0 Å². The number of benzene rings is 1. The molecule has 2 heteroatoms. The highest BCUT2D eigenvalue weighted by Gasteiger charge is 2.29. The Balaban J connectivity index is 2.62. The minimum absolute atomic E-state index is 0.119. The van der Waals surface area contributed by atoms with Gasteiger partial charge in [-0.05, 0) is 23.6 Å². The van der Waals surface area contributed by atoms with Gasteiger partial charge in [-0.2, -0.15) is 0 Å². The molecule has 0 fully saturated rings. The summed E-state index contributed by atoms with van der Waals surface area (Å²) in [5, 5.41) is 0. The molecule has 0 bridgehead atoms. The van der Waals surface area contributed by atoms with Crippen LogP contribution in [0.2, 0.25) is 0 Å². The van der Waals surface area contributed by atoms with Crippen molar-refractivity contribution in [1.29, 1.82) is 0 Å². The number of hydrogen-bond donors (Lipinski definition) is 0. The topological polar surface area (TPSA) is 12.5 Å². The first kappa shape index (κ1) is 10.1. The summed E-state index contributed by atoms with van der Waals surface area (Å²) in [5.74, 6) is 1.61. The quantitative estimate of drug-likeness (QED) is 0.641. The molecule has 0 aliphatic carbocycles. The molecule has 0 N–H and O–H groups in total. The van der Waals surface area contributed by atoms with E-state index >= 15 is 0 Å². The Morgan fingerprint density at radius 2 is 1.93 bits per heavy atom. The summed E-state index contributed by atoms with van der Waals surface area (Å²) in [6, 6.07) is 6.17. The van der Waals surface area contributed by atoms with Crippen molar-refractivity contribution in [1.82, 2.24) is 0 Å². The molecule has 0 amide bonds. The number of anilines is 1. The standard InChI is InChI=1S/C13H17NO/c1-9-14(5)12-10(13(2,3)4)7-6-8-11(12)15-9/h6-8H,1H2,2-5H3. The van der Waals surface area contributed by atoms with Crippen molar-refractivity contribution in [2.45, 2.75) is 26.2 Å². The Morgan fingerprint density at radius 1 is 1.27 bits per heavy atom. The molecule has 1 aliphatic rings. The Hall–Kier alpha value is -1.44. The minimum atomic E-state index is 0.119. The van der Waals surface area contributed by atoms with Gasteiger partial charge in [-0.3, -0.25) is 0 Å². The van der Waals surface area contributed by atoms with Crippen LogP contribution in [-0.2, 0) is 5.41 Å². The first-order valence-electron chi connectivity index (χ1n) is 5.15. The van der Waals surface area contributed by atoms with Crippen LogP contribution < -0.4 is 9.64 Å². The number of rotatable bonds is 0. The molecule has 0 saturated carbocycles. The summed E-state index contributed by atoms with van der Waals surface area (Å²) in [4.78, 5) is 2.01. The zero-order valence-corrected chi connectivity index (χ0v) is 9.79. The second-order valence-electron chi connectivity index (χ2n) is 4.96. The maximum Gasteiger partial charge on any atom is 0.193 e. The zero-order valence-electron chi connectivity index (χ0n) is 9.79. The Kier molecular flexibility index (Phi) is 2.03. The van der Waals surface area contributed by atoms with Crippen molar-refractivity contribution in [3.8, 4) is 5.75 Å². The summed E-state index contributed by atoms with van der Waals surface area (Å²) in [7, 11) is 1.99. The average molecular weight is 203 g/mol. The van der Waals surface area contributed by atoms with Gasteiger partial charge in [0.15, 0.2) is 11.6 Å². The third-order valence-electron chi connectivity index (χ3n) is 2.74. The maximum atomic E-state index is 5.59. The van der Waals surface area contributed by atoms with Crippen LogP contribution in [0, 0.1) is 0 Å². The number of ether oxygens (including phenoxy) is 1. The Labute approximate surface area is 91.2 Å². The van der Waals surface area contributed by atoms with Gasteiger partial charge >= 0.3 is 0 Å². The van der Waals surface area contributed by atoms with E-state index in [0.29, 0.717) is 5.88 Å². The molecule has 0 atom stereocenters. The molecule has 0 aromatic heterocycles. The van der Waals surface area contributed by atoms with Crippen LogP contribution in [0.3, 0.4) is 0 Å². The van der Waals surface area contributed by atoms with Crippen LogP contribution in [0.15, 0.2) is 30.7 Å². The lowest BCUT2D eigenvalue weighted by molar-refractivity contribution is 0.446. The summed E-state index contributed by atoms with van der Waals surface area (Å²) >= 11 is 0. The lowest BCUT2D eigenvalue weighted by Crippen LogP contribution is -2.18. The highest BCUT2D eigenvalue weighted by atomic mass is 16.5. The monoisotopic (exact) mass is 203 g/mol. The number of hydrogen-bond acceptors (Lipinski definition) is 2. The van der Waals surface area contributed by atoms with E-state index in [1.165, 1.54) is 5.56 Å². The van der Waals surface area contributed by atoms with E-state index in [2.05, 4.69) is 33.4 Å². The SMILES string of the molecule is C=C1Oc2cccc(C(C)(C)C)c2N1C. The lowest BCUT2D eigenvalue weighted by atomic mass is 9.85. The van der Waals surface area contributed by atoms with Crippen LogP contribution in [0.25, 0.3) is 0 Å². The van der Waals surface area contributed by atoms with Gasteiger partial charge in [0.25, 0.3) is 0 Å². The van der Waals surface area contributed by atoms with E-state index in [1.807, 2.05) is 24.1 Å². The summed E-state index contributed by atoms with van der Waals surface area (Å²) in [6.45, 7) is 10.5. The third kappa shape index (κ3) is 1.50. The summed E-state index contributed by atoms with van der Waals surface area (Å²) in [6.07, 6.45) is 0. The number of fused-ring (bicyclic) bond motifs is 1. The molecule has 80 valence electrons. The number of nitrogens with zero attached hydrogens (tertiary/aromatic N) is 1. The molecule has 1 heterocycles. The Morgan fingerprint density at radius 3 is 2.53 bits per heavy atom. The van der Waals surface area contributed by atoms with Crippen LogP contribution in [0.5, 0.6) is 5.75 Å². The fourth-order valence-electron chi connectivity index (χ4n) is 1.88. The van der Waals surface area contributed by atoms with Gasteiger partial charge in [-0.1, -0.05) is 32.9 Å². The number of para-hydroxylation sites is 1. The molecule has 0 saturated heterocycles. The highest BCUT2D eigenvalue weighted by Crippen LogP contribution is 2.44. The van der Waals surface area contributed by atoms with E-state index < -0.39 is 0 Å². The predicted octanol–water partition coefficient (Wildman–Crippen LogP) is 3.28. The van der Waals surface area contributed by atoms with Crippen LogP contribution in [0.4, 0.5) is 5.69 Å². The van der Waals surface area contributed by atoms with Crippen LogP contribution >= 0.6 is 0 Å². The van der Waals surface area contributed by atoms with Gasteiger partial charge in [-0.15, -0.1) is 0 Å². The van der Waals surface area contributed by atoms with Gasteiger partial charge < -0.3 is 9.64 Å². The zero-order chi connectivity index (χ0) is 11.2.